The summed E-state index contributed by atoms with van der Waals surface area (Å²) in [4.78, 5) is 21.6. The van der Waals surface area contributed by atoms with Gasteiger partial charge in [-0.25, -0.2) is 4.98 Å². The topological polar surface area (TPSA) is 84.7 Å². The molecular weight excluding hydrogens is 292 g/mol. The Hall–Kier alpha value is -2.73. The molecule has 7 heteroatoms. The number of aromatic nitrogens is 3. The molecule has 2 heterocycles. The van der Waals surface area contributed by atoms with Gasteiger partial charge in [-0.3, -0.25) is 15.1 Å². The number of imidazole rings is 1. The van der Waals surface area contributed by atoms with Gasteiger partial charge in [-0.05, 0) is 23.8 Å². The zero-order chi connectivity index (χ0) is 14.8. The number of benzene rings is 1. The van der Waals surface area contributed by atoms with Crippen LogP contribution in [0.5, 0.6) is 0 Å². The van der Waals surface area contributed by atoms with Gasteiger partial charge in [-0.15, -0.1) is 0 Å². The van der Waals surface area contributed by atoms with Crippen LogP contribution in [0.3, 0.4) is 0 Å². The highest BCUT2D eigenvalue weighted by atomic mass is 35.5. The highest BCUT2D eigenvalue weighted by Crippen LogP contribution is 2.24. The third-order valence-electron chi connectivity index (χ3n) is 2.88. The van der Waals surface area contributed by atoms with Crippen molar-refractivity contribution in [3.63, 3.8) is 0 Å². The van der Waals surface area contributed by atoms with Crippen LogP contribution in [0, 0.1) is 10.1 Å². The fraction of sp³-hybridized carbons (Fsp3) is 0. The van der Waals surface area contributed by atoms with E-state index in [0.717, 1.165) is 5.56 Å². The number of halogens is 1. The number of hydrogen-bond donors (Lipinski definition) is 1. The normalized spacial score (nSPS) is 11.8. The first-order chi connectivity index (χ1) is 10.1. The Bertz CT molecular complexity index is 843. The maximum atomic E-state index is 10.8. The molecule has 1 N–H and O–H groups in total. The van der Waals surface area contributed by atoms with Crippen LogP contribution in [0.15, 0.2) is 42.7 Å². The van der Waals surface area contributed by atoms with E-state index in [1.54, 1.807) is 30.6 Å². The van der Waals surface area contributed by atoms with E-state index in [4.69, 9.17) is 11.6 Å². The molecule has 0 atom stereocenters. The second-order valence-corrected chi connectivity index (χ2v) is 4.73. The summed E-state index contributed by atoms with van der Waals surface area (Å²) >= 11 is 6.22. The quantitative estimate of drug-likeness (QED) is 0.591. The minimum Gasteiger partial charge on any atom is -0.337 e. The summed E-state index contributed by atoms with van der Waals surface area (Å²) in [7, 11) is 0. The number of nitro groups is 1. The second-order valence-electron chi connectivity index (χ2n) is 4.32. The van der Waals surface area contributed by atoms with Crippen LogP contribution in [0.2, 0.25) is 0 Å². The molecule has 6 nitrogen and oxygen atoms in total. The van der Waals surface area contributed by atoms with Gasteiger partial charge in [-0.2, -0.15) is 0 Å². The average Bonchev–Trinajstić information content (AvgIpc) is 2.91. The van der Waals surface area contributed by atoms with Crippen molar-refractivity contribution < 1.29 is 4.92 Å². The molecule has 0 spiro atoms. The summed E-state index contributed by atoms with van der Waals surface area (Å²) in [5, 5.41) is 11.2. The SMILES string of the molecule is O=[N+]([O-])c1ccc2nc(C(Cl)=Cc3cccnc3)[nH]c2c1. The summed E-state index contributed by atoms with van der Waals surface area (Å²) in [6, 6.07) is 8.09. The van der Waals surface area contributed by atoms with Gasteiger partial charge in [0.1, 0.15) is 5.82 Å². The number of hydrogen-bond acceptors (Lipinski definition) is 4. The molecule has 0 aliphatic heterocycles. The number of pyridine rings is 1. The molecule has 0 aliphatic rings. The maximum Gasteiger partial charge on any atom is 0.271 e. The van der Waals surface area contributed by atoms with E-state index in [1.807, 2.05) is 6.07 Å². The van der Waals surface area contributed by atoms with Crippen LogP contribution < -0.4 is 0 Å². The van der Waals surface area contributed by atoms with Gasteiger partial charge in [-0.1, -0.05) is 17.7 Å². The number of aromatic amines is 1. The Labute approximate surface area is 124 Å². The molecule has 0 saturated carbocycles. The van der Waals surface area contributed by atoms with Crippen molar-refractivity contribution >= 4 is 39.4 Å². The van der Waals surface area contributed by atoms with E-state index < -0.39 is 4.92 Å². The zero-order valence-corrected chi connectivity index (χ0v) is 11.4. The fourth-order valence-electron chi connectivity index (χ4n) is 1.90. The van der Waals surface area contributed by atoms with Crippen molar-refractivity contribution in [2.24, 2.45) is 0 Å². The van der Waals surface area contributed by atoms with Crippen molar-refractivity contribution in [1.29, 1.82) is 0 Å². The number of fused-ring (bicyclic) bond motifs is 1. The molecule has 21 heavy (non-hydrogen) atoms. The number of non-ortho nitro benzene ring substituents is 1. The van der Waals surface area contributed by atoms with Crippen molar-refractivity contribution in [3.05, 3.63) is 64.2 Å². The molecule has 104 valence electrons. The van der Waals surface area contributed by atoms with Crippen LogP contribution in [-0.4, -0.2) is 19.9 Å². The molecule has 0 fully saturated rings. The zero-order valence-electron chi connectivity index (χ0n) is 10.7. The smallest absolute Gasteiger partial charge is 0.271 e. The first-order valence-electron chi connectivity index (χ1n) is 6.05. The summed E-state index contributed by atoms with van der Waals surface area (Å²) < 4.78 is 0. The van der Waals surface area contributed by atoms with Gasteiger partial charge >= 0.3 is 0 Å². The first kappa shape index (κ1) is 13.3. The Kier molecular flexibility index (Phi) is 3.37. The van der Waals surface area contributed by atoms with Gasteiger partial charge in [0, 0.05) is 24.5 Å². The second kappa shape index (κ2) is 5.34. The van der Waals surface area contributed by atoms with Crippen LogP contribution in [0.25, 0.3) is 22.1 Å². The van der Waals surface area contributed by atoms with E-state index in [2.05, 4.69) is 15.0 Å². The highest BCUT2D eigenvalue weighted by molar-refractivity contribution is 6.50. The van der Waals surface area contributed by atoms with Crippen molar-refractivity contribution in [2.45, 2.75) is 0 Å². The molecule has 0 aliphatic carbocycles. The number of nitrogens with one attached hydrogen (secondary N) is 1. The Morgan fingerprint density at radius 3 is 2.95 bits per heavy atom. The predicted molar refractivity (Wildman–Crippen MR) is 80.7 cm³/mol. The molecule has 0 radical (unpaired) electrons. The molecule has 0 saturated heterocycles. The summed E-state index contributed by atoms with van der Waals surface area (Å²) in [5.74, 6) is 0.455. The predicted octanol–water partition coefficient (Wildman–Crippen LogP) is 3.60. The van der Waals surface area contributed by atoms with E-state index in [-0.39, 0.29) is 5.69 Å². The van der Waals surface area contributed by atoms with Crippen molar-refractivity contribution in [2.75, 3.05) is 0 Å². The molecule has 3 rings (SSSR count). The van der Waals surface area contributed by atoms with Crippen LogP contribution in [-0.2, 0) is 0 Å². The van der Waals surface area contributed by atoms with E-state index in [9.17, 15) is 10.1 Å². The van der Waals surface area contributed by atoms with Gasteiger partial charge in [0.15, 0.2) is 0 Å². The Balaban J connectivity index is 2.01. The molecular formula is C14H9ClN4O2. The van der Waals surface area contributed by atoms with Gasteiger partial charge in [0.25, 0.3) is 5.69 Å². The van der Waals surface area contributed by atoms with Crippen molar-refractivity contribution in [1.82, 2.24) is 15.0 Å². The summed E-state index contributed by atoms with van der Waals surface area (Å²) in [5.41, 5.74) is 2.03. The monoisotopic (exact) mass is 300 g/mol. The molecule has 3 aromatic rings. The molecule has 0 bridgehead atoms. The third kappa shape index (κ3) is 2.75. The Morgan fingerprint density at radius 1 is 1.38 bits per heavy atom. The number of nitrogens with zero attached hydrogens (tertiary/aromatic N) is 3. The fourth-order valence-corrected chi connectivity index (χ4v) is 2.12. The van der Waals surface area contributed by atoms with Gasteiger partial charge in [0.2, 0.25) is 0 Å². The van der Waals surface area contributed by atoms with Crippen LogP contribution in [0.4, 0.5) is 5.69 Å². The van der Waals surface area contributed by atoms with Crippen LogP contribution >= 0.6 is 11.6 Å². The average molecular weight is 301 g/mol. The lowest BCUT2D eigenvalue weighted by Crippen LogP contribution is -1.86. The molecule has 0 unspecified atom stereocenters. The lowest BCUT2D eigenvalue weighted by atomic mass is 10.2. The standard InChI is InChI=1S/C14H9ClN4O2/c15-11(6-9-2-1-5-16-8-9)14-17-12-4-3-10(19(20)21)7-13(12)18-14/h1-8H,(H,17,18). The Morgan fingerprint density at radius 2 is 2.24 bits per heavy atom. The third-order valence-corrected chi connectivity index (χ3v) is 3.17. The minimum atomic E-state index is -0.451. The largest absolute Gasteiger partial charge is 0.337 e. The minimum absolute atomic E-state index is 0.00469. The summed E-state index contributed by atoms with van der Waals surface area (Å²) in [6.45, 7) is 0. The molecule has 2 aromatic heterocycles. The lowest BCUT2D eigenvalue weighted by Gasteiger charge is -1.94. The number of H-pyrrole nitrogens is 1. The first-order valence-corrected chi connectivity index (χ1v) is 6.43. The summed E-state index contributed by atoms with van der Waals surface area (Å²) in [6.07, 6.45) is 5.07. The lowest BCUT2D eigenvalue weighted by molar-refractivity contribution is -0.384. The van der Waals surface area contributed by atoms with Crippen molar-refractivity contribution in [3.8, 4) is 0 Å². The number of nitro benzene ring substituents is 1. The molecule has 0 amide bonds. The maximum absolute atomic E-state index is 10.8. The molecule has 1 aromatic carbocycles. The van der Waals surface area contributed by atoms with E-state index in [0.29, 0.717) is 21.9 Å². The van der Waals surface area contributed by atoms with E-state index >= 15 is 0 Å². The van der Waals surface area contributed by atoms with Gasteiger partial charge in [0.05, 0.1) is 21.0 Å². The highest BCUT2D eigenvalue weighted by Gasteiger charge is 2.11. The van der Waals surface area contributed by atoms with Gasteiger partial charge < -0.3 is 4.98 Å². The van der Waals surface area contributed by atoms with E-state index in [1.165, 1.54) is 12.1 Å². The number of rotatable bonds is 3. The van der Waals surface area contributed by atoms with Crippen LogP contribution in [0.1, 0.15) is 11.4 Å².